The number of amides is 1. The van der Waals surface area contributed by atoms with Gasteiger partial charge in [-0.2, -0.15) is 0 Å². The normalized spacial score (nSPS) is 10.3. The number of pyridine rings is 1. The van der Waals surface area contributed by atoms with Gasteiger partial charge in [-0.05, 0) is 49.7 Å². The van der Waals surface area contributed by atoms with Gasteiger partial charge in [0.15, 0.2) is 6.61 Å². The molecule has 25 heavy (non-hydrogen) atoms. The first-order valence-corrected chi connectivity index (χ1v) is 8.04. The molecule has 0 aliphatic rings. The fraction of sp³-hybridized carbons (Fsp3) is 0.278. The number of benzene rings is 1. The van der Waals surface area contributed by atoms with Crippen LogP contribution >= 0.6 is 11.6 Å². The smallest absolute Gasteiger partial charge is 0.342 e. The zero-order valence-electron chi connectivity index (χ0n) is 14.6. The molecule has 132 valence electrons. The highest BCUT2D eigenvalue weighted by atomic mass is 35.5. The second-order valence-electron chi connectivity index (χ2n) is 5.81. The predicted molar refractivity (Wildman–Crippen MR) is 98.4 cm³/mol. The predicted octanol–water partition coefficient (Wildman–Crippen LogP) is 3.21. The molecule has 0 radical (unpaired) electrons. The number of aryl methyl sites for hydroxylation is 2. The monoisotopic (exact) mass is 361 g/mol. The molecule has 2 rings (SSSR count). The van der Waals surface area contributed by atoms with E-state index in [4.69, 9.17) is 16.3 Å². The van der Waals surface area contributed by atoms with Crippen molar-refractivity contribution in [3.63, 3.8) is 0 Å². The van der Waals surface area contributed by atoms with Gasteiger partial charge < -0.3 is 15.0 Å². The van der Waals surface area contributed by atoms with Crippen molar-refractivity contribution in [2.24, 2.45) is 0 Å². The maximum Gasteiger partial charge on any atom is 0.342 e. The number of carbonyl (C=O) groups excluding carboxylic acids is 2. The minimum atomic E-state index is -0.673. The van der Waals surface area contributed by atoms with Crippen molar-refractivity contribution < 1.29 is 14.3 Å². The van der Waals surface area contributed by atoms with Crippen LogP contribution in [0.2, 0.25) is 5.15 Å². The Hall–Kier alpha value is -2.60. The van der Waals surface area contributed by atoms with Gasteiger partial charge in [0.2, 0.25) is 0 Å². The first kappa shape index (κ1) is 18.7. The van der Waals surface area contributed by atoms with Crippen molar-refractivity contribution in [3.8, 4) is 0 Å². The molecule has 1 aromatic carbocycles. The third kappa shape index (κ3) is 4.93. The number of anilines is 2. The van der Waals surface area contributed by atoms with Crippen molar-refractivity contribution in [2.75, 3.05) is 30.9 Å². The number of carbonyl (C=O) groups is 2. The van der Waals surface area contributed by atoms with Crippen LogP contribution in [0.4, 0.5) is 11.4 Å². The lowest BCUT2D eigenvalue weighted by molar-refractivity contribution is -0.119. The Morgan fingerprint density at radius 3 is 2.40 bits per heavy atom. The van der Waals surface area contributed by atoms with Crippen molar-refractivity contribution in [3.05, 3.63) is 52.3 Å². The number of halogens is 1. The Kier molecular flexibility index (Phi) is 5.98. The summed E-state index contributed by atoms with van der Waals surface area (Å²) in [4.78, 5) is 30.1. The van der Waals surface area contributed by atoms with Gasteiger partial charge in [-0.1, -0.05) is 11.6 Å². The molecule has 0 spiro atoms. The molecule has 1 aromatic heterocycles. The molecule has 0 atom stereocenters. The van der Waals surface area contributed by atoms with Crippen molar-refractivity contribution in [2.45, 2.75) is 13.8 Å². The highest BCUT2D eigenvalue weighted by Gasteiger charge is 2.18. The van der Waals surface area contributed by atoms with E-state index in [0.717, 1.165) is 5.69 Å². The van der Waals surface area contributed by atoms with Crippen LogP contribution in [0.25, 0.3) is 0 Å². The average Bonchev–Trinajstić information content (AvgIpc) is 2.52. The summed E-state index contributed by atoms with van der Waals surface area (Å²) in [6, 6.07) is 9.04. The number of aromatic nitrogens is 1. The lowest BCUT2D eigenvalue weighted by Crippen LogP contribution is -2.21. The van der Waals surface area contributed by atoms with Gasteiger partial charge in [0.05, 0.1) is 5.56 Å². The van der Waals surface area contributed by atoms with Crippen LogP contribution in [-0.2, 0) is 9.53 Å². The van der Waals surface area contributed by atoms with Gasteiger partial charge >= 0.3 is 5.97 Å². The Labute approximate surface area is 151 Å². The van der Waals surface area contributed by atoms with Gasteiger partial charge in [-0.15, -0.1) is 0 Å². The minimum absolute atomic E-state index is 0.0715. The van der Waals surface area contributed by atoms with E-state index in [9.17, 15) is 9.59 Å². The Balaban J connectivity index is 1.94. The molecule has 0 saturated heterocycles. The first-order chi connectivity index (χ1) is 11.8. The third-order valence-electron chi connectivity index (χ3n) is 3.51. The molecule has 1 N–H and O–H groups in total. The molecule has 0 fully saturated rings. The lowest BCUT2D eigenvalue weighted by Gasteiger charge is -2.13. The van der Waals surface area contributed by atoms with E-state index >= 15 is 0 Å². The molecule has 0 bridgehead atoms. The van der Waals surface area contributed by atoms with E-state index in [2.05, 4.69) is 10.3 Å². The fourth-order valence-corrected chi connectivity index (χ4v) is 2.64. The van der Waals surface area contributed by atoms with Crippen LogP contribution in [0.1, 0.15) is 21.6 Å². The Morgan fingerprint density at radius 1 is 1.20 bits per heavy atom. The van der Waals surface area contributed by atoms with E-state index in [1.54, 1.807) is 32.0 Å². The van der Waals surface area contributed by atoms with E-state index in [0.29, 0.717) is 16.9 Å². The topological polar surface area (TPSA) is 71.5 Å². The fourth-order valence-electron chi connectivity index (χ4n) is 2.28. The molecule has 0 aliphatic carbocycles. The van der Waals surface area contributed by atoms with Crippen LogP contribution < -0.4 is 10.2 Å². The van der Waals surface area contributed by atoms with E-state index < -0.39 is 18.5 Å². The Morgan fingerprint density at radius 2 is 1.84 bits per heavy atom. The standard InChI is InChI=1S/C18H20ClN3O3/c1-11-9-12(2)20-17(19)16(11)18(24)25-10-15(23)21-13-5-7-14(8-6-13)22(3)4/h5-9H,10H2,1-4H3,(H,21,23). The van der Waals surface area contributed by atoms with Crippen molar-refractivity contribution >= 4 is 34.9 Å². The third-order valence-corrected chi connectivity index (χ3v) is 3.78. The largest absolute Gasteiger partial charge is 0.452 e. The summed E-state index contributed by atoms with van der Waals surface area (Å²) >= 11 is 6.00. The van der Waals surface area contributed by atoms with E-state index in [1.165, 1.54) is 0 Å². The molecule has 0 saturated carbocycles. The molecule has 2 aromatic rings. The molecule has 1 amide bonds. The number of rotatable bonds is 5. The summed E-state index contributed by atoms with van der Waals surface area (Å²) in [5, 5.41) is 2.74. The molecule has 0 aliphatic heterocycles. The van der Waals surface area contributed by atoms with E-state index in [1.807, 2.05) is 31.1 Å². The second kappa shape index (κ2) is 7.98. The summed E-state index contributed by atoms with van der Waals surface area (Å²) < 4.78 is 5.04. The number of nitrogens with zero attached hydrogens (tertiary/aromatic N) is 2. The van der Waals surface area contributed by atoms with Crippen molar-refractivity contribution in [1.82, 2.24) is 4.98 Å². The maximum absolute atomic E-state index is 12.1. The van der Waals surface area contributed by atoms with Gasteiger partial charge in [-0.3, -0.25) is 4.79 Å². The summed E-state index contributed by atoms with van der Waals surface area (Å²) in [7, 11) is 3.86. The SMILES string of the molecule is Cc1cc(C)c(C(=O)OCC(=O)Nc2ccc(N(C)C)cc2)c(Cl)n1. The number of nitrogens with one attached hydrogen (secondary N) is 1. The quantitative estimate of drug-likeness (QED) is 0.654. The van der Waals surface area contributed by atoms with Crippen LogP contribution in [-0.4, -0.2) is 37.6 Å². The maximum atomic E-state index is 12.1. The summed E-state index contributed by atoms with van der Waals surface area (Å²) in [6.45, 7) is 3.12. The van der Waals surface area contributed by atoms with Crippen molar-refractivity contribution in [1.29, 1.82) is 0 Å². The van der Waals surface area contributed by atoms with Gasteiger partial charge in [0.25, 0.3) is 5.91 Å². The molecule has 1 heterocycles. The van der Waals surface area contributed by atoms with Gasteiger partial charge in [0.1, 0.15) is 5.15 Å². The molecular weight excluding hydrogens is 342 g/mol. The number of esters is 1. The number of hydrogen-bond acceptors (Lipinski definition) is 5. The second-order valence-corrected chi connectivity index (χ2v) is 6.17. The Bertz CT molecular complexity index is 766. The van der Waals surface area contributed by atoms with Crippen LogP contribution in [0.5, 0.6) is 0 Å². The zero-order valence-corrected chi connectivity index (χ0v) is 15.3. The molecular formula is C18H20ClN3O3. The highest BCUT2D eigenvalue weighted by molar-refractivity contribution is 6.32. The molecule has 7 heteroatoms. The minimum Gasteiger partial charge on any atom is -0.452 e. The summed E-state index contributed by atoms with van der Waals surface area (Å²) in [6.07, 6.45) is 0. The lowest BCUT2D eigenvalue weighted by atomic mass is 10.1. The van der Waals surface area contributed by atoms with Crippen LogP contribution in [0, 0.1) is 13.8 Å². The summed E-state index contributed by atoms with van der Waals surface area (Å²) in [5.74, 6) is -1.10. The van der Waals surface area contributed by atoms with E-state index in [-0.39, 0.29) is 10.7 Å². The first-order valence-electron chi connectivity index (χ1n) is 7.66. The number of hydrogen-bond donors (Lipinski definition) is 1. The van der Waals surface area contributed by atoms with Gasteiger partial charge in [0, 0.05) is 31.2 Å². The molecule has 6 nitrogen and oxygen atoms in total. The van der Waals surface area contributed by atoms with Gasteiger partial charge in [-0.25, -0.2) is 9.78 Å². The van der Waals surface area contributed by atoms with Crippen LogP contribution in [0.15, 0.2) is 30.3 Å². The average molecular weight is 362 g/mol. The number of ether oxygens (including phenoxy) is 1. The summed E-state index contributed by atoms with van der Waals surface area (Å²) in [5.41, 5.74) is 3.18. The van der Waals surface area contributed by atoms with Crippen LogP contribution in [0.3, 0.4) is 0 Å². The highest BCUT2D eigenvalue weighted by Crippen LogP contribution is 2.20. The molecule has 0 unspecified atom stereocenters. The zero-order chi connectivity index (χ0) is 18.6.